The lowest BCUT2D eigenvalue weighted by Crippen LogP contribution is -2.49. The molecule has 3 amide bonds. The number of nitrogens with two attached hydrogens (primary N) is 1. The van der Waals surface area contributed by atoms with Crippen molar-refractivity contribution in [3.05, 3.63) is 119 Å². The Morgan fingerprint density at radius 3 is 2.40 bits per heavy atom. The fraction of sp³-hybridized carbons (Fsp3) is 0.289. The van der Waals surface area contributed by atoms with Crippen molar-refractivity contribution in [2.24, 2.45) is 5.92 Å². The summed E-state index contributed by atoms with van der Waals surface area (Å²) in [6.45, 7) is 5.23. The fourth-order valence-corrected chi connectivity index (χ4v) is 5.75. The average Bonchev–Trinajstić information content (AvgIpc) is 3.08. The number of benzene rings is 4. The van der Waals surface area contributed by atoms with Crippen LogP contribution in [0.2, 0.25) is 0 Å². The number of nitrogens with one attached hydrogen (secondary N) is 2. The van der Waals surface area contributed by atoms with E-state index in [2.05, 4.69) is 15.5 Å². The highest BCUT2D eigenvalue weighted by molar-refractivity contribution is 6.05. The summed E-state index contributed by atoms with van der Waals surface area (Å²) in [6.07, 6.45) is -0.0732. The number of likely N-dealkylation sites (N-methyl/N-ethyl adjacent to an activating group) is 1. The predicted octanol–water partition coefficient (Wildman–Crippen LogP) is 5.05. The first-order chi connectivity index (χ1) is 23.1. The lowest BCUT2D eigenvalue weighted by atomic mass is 9.99. The molecule has 0 spiro atoms. The van der Waals surface area contributed by atoms with Crippen LogP contribution in [0.5, 0.6) is 5.75 Å². The van der Waals surface area contributed by atoms with Crippen molar-refractivity contribution in [1.29, 1.82) is 0 Å². The molecule has 0 saturated heterocycles. The van der Waals surface area contributed by atoms with Crippen LogP contribution in [0.4, 0.5) is 17.1 Å². The van der Waals surface area contributed by atoms with Crippen molar-refractivity contribution >= 4 is 34.8 Å². The second-order valence-electron chi connectivity index (χ2n) is 12.5. The number of carbonyl (C=O) groups excluding carboxylic acids is 3. The summed E-state index contributed by atoms with van der Waals surface area (Å²) >= 11 is 0. The number of para-hydroxylation sites is 2. The van der Waals surface area contributed by atoms with E-state index >= 15 is 0 Å². The minimum atomic E-state index is -0.408. The third-order valence-electron chi connectivity index (χ3n) is 8.53. The highest BCUT2D eigenvalue weighted by Gasteiger charge is 2.33. The number of carbonyl (C=O) groups is 3. The van der Waals surface area contributed by atoms with Gasteiger partial charge in [0, 0.05) is 36.8 Å². The van der Waals surface area contributed by atoms with Crippen LogP contribution >= 0.6 is 0 Å². The van der Waals surface area contributed by atoms with E-state index in [0.717, 1.165) is 11.1 Å². The number of hydrogen-bond donors (Lipinski definition) is 4. The molecule has 0 radical (unpaired) electrons. The molecule has 0 unspecified atom stereocenters. The topological polar surface area (TPSA) is 137 Å². The molecule has 4 aromatic rings. The molecule has 1 aliphatic rings. The molecular weight excluding hydrogens is 606 g/mol. The number of aliphatic hydroxyl groups is 1. The van der Waals surface area contributed by atoms with E-state index in [4.69, 9.17) is 10.5 Å². The van der Waals surface area contributed by atoms with Gasteiger partial charge in [0.25, 0.3) is 11.8 Å². The predicted molar refractivity (Wildman–Crippen MR) is 188 cm³/mol. The summed E-state index contributed by atoms with van der Waals surface area (Å²) in [7, 11) is 2.00. The Kier molecular flexibility index (Phi) is 11.1. The minimum Gasteiger partial charge on any atom is -0.488 e. The van der Waals surface area contributed by atoms with Gasteiger partial charge in [-0.3, -0.25) is 19.3 Å². The molecule has 4 aromatic carbocycles. The summed E-state index contributed by atoms with van der Waals surface area (Å²) in [5.41, 5.74) is 10.3. The third-order valence-corrected chi connectivity index (χ3v) is 8.53. The van der Waals surface area contributed by atoms with E-state index < -0.39 is 6.04 Å². The molecule has 10 heteroatoms. The molecule has 1 heterocycles. The van der Waals surface area contributed by atoms with Gasteiger partial charge in [-0.2, -0.15) is 0 Å². The van der Waals surface area contributed by atoms with E-state index in [1.807, 2.05) is 75.5 Å². The first-order valence-corrected chi connectivity index (χ1v) is 16.1. The average molecular weight is 650 g/mol. The van der Waals surface area contributed by atoms with Crippen LogP contribution in [0, 0.1) is 5.92 Å². The smallest absolute Gasteiger partial charge is 0.258 e. The monoisotopic (exact) mass is 649 g/mol. The van der Waals surface area contributed by atoms with Gasteiger partial charge in [-0.15, -0.1) is 0 Å². The van der Waals surface area contributed by atoms with E-state index in [9.17, 15) is 19.5 Å². The van der Waals surface area contributed by atoms with Crippen LogP contribution in [0.1, 0.15) is 45.7 Å². The van der Waals surface area contributed by atoms with Gasteiger partial charge in [-0.1, -0.05) is 61.5 Å². The maximum atomic E-state index is 13.8. The Labute approximate surface area is 281 Å². The molecule has 10 nitrogen and oxygen atoms in total. The van der Waals surface area contributed by atoms with Gasteiger partial charge in [-0.05, 0) is 67.6 Å². The Balaban J connectivity index is 1.28. The van der Waals surface area contributed by atoms with E-state index in [0.29, 0.717) is 53.6 Å². The number of anilines is 3. The zero-order valence-corrected chi connectivity index (χ0v) is 27.6. The Bertz CT molecular complexity index is 1730. The first kappa shape index (κ1) is 34.2. The van der Waals surface area contributed by atoms with Gasteiger partial charge in [0.05, 0.1) is 36.0 Å². The Hall–Kier alpha value is -5.19. The molecule has 1 aliphatic heterocycles. The number of hydrogen-bond acceptors (Lipinski definition) is 7. The van der Waals surface area contributed by atoms with Gasteiger partial charge in [0.15, 0.2) is 0 Å². The van der Waals surface area contributed by atoms with Crippen molar-refractivity contribution in [1.82, 2.24) is 9.80 Å². The van der Waals surface area contributed by atoms with Crippen LogP contribution in [-0.2, 0) is 17.8 Å². The zero-order valence-electron chi connectivity index (χ0n) is 27.6. The summed E-state index contributed by atoms with van der Waals surface area (Å²) in [6, 6.07) is 28.7. The molecule has 5 N–H and O–H groups in total. The van der Waals surface area contributed by atoms with Gasteiger partial charge < -0.3 is 31.1 Å². The van der Waals surface area contributed by atoms with Crippen molar-refractivity contribution in [2.75, 3.05) is 43.1 Å². The lowest BCUT2D eigenvalue weighted by Gasteiger charge is -2.38. The molecule has 0 bridgehead atoms. The summed E-state index contributed by atoms with van der Waals surface area (Å²) < 4.78 is 6.53. The van der Waals surface area contributed by atoms with E-state index in [-0.39, 0.29) is 42.8 Å². The molecule has 3 atom stereocenters. The number of nitrogens with zero attached hydrogens (tertiary/aromatic N) is 2. The maximum absolute atomic E-state index is 13.8. The van der Waals surface area contributed by atoms with Crippen molar-refractivity contribution in [3.8, 4) is 5.75 Å². The van der Waals surface area contributed by atoms with Crippen LogP contribution in [0.15, 0.2) is 97.1 Å². The Morgan fingerprint density at radius 2 is 1.69 bits per heavy atom. The van der Waals surface area contributed by atoms with Gasteiger partial charge in [-0.25, -0.2) is 0 Å². The summed E-state index contributed by atoms with van der Waals surface area (Å²) in [4.78, 5) is 43.2. The van der Waals surface area contributed by atoms with Crippen LogP contribution < -0.4 is 21.1 Å². The molecule has 48 heavy (non-hydrogen) atoms. The number of ether oxygens (including phenoxy) is 1. The van der Waals surface area contributed by atoms with Crippen LogP contribution in [0.3, 0.4) is 0 Å². The molecule has 0 aliphatic carbocycles. The Morgan fingerprint density at radius 1 is 0.979 bits per heavy atom. The summed E-state index contributed by atoms with van der Waals surface area (Å²) in [5, 5.41) is 15.8. The molecular formula is C38H43N5O5. The number of nitrogen functional groups attached to an aromatic ring is 1. The van der Waals surface area contributed by atoms with Gasteiger partial charge >= 0.3 is 0 Å². The quantitative estimate of drug-likeness (QED) is 0.167. The zero-order chi connectivity index (χ0) is 34.2. The molecule has 250 valence electrons. The molecule has 0 aromatic heterocycles. The molecule has 0 fully saturated rings. The lowest BCUT2D eigenvalue weighted by molar-refractivity contribution is -0.115. The van der Waals surface area contributed by atoms with Crippen molar-refractivity contribution in [3.63, 3.8) is 0 Å². The largest absolute Gasteiger partial charge is 0.488 e. The van der Waals surface area contributed by atoms with Gasteiger partial charge in [0.1, 0.15) is 11.9 Å². The fourth-order valence-electron chi connectivity index (χ4n) is 5.75. The standard InChI is InChI=1S/C38H43N5O5/c1-25-21-43(26(2)24-44)38(47)31-20-30(40-36(45)19-27-9-5-4-6-10-27)17-18-34(31)48-35(25)23-42(3)22-28-13-15-29(16-14-28)37(46)41-33-12-8-7-11-32(33)39/h4-18,20,25-26,35,44H,19,21-24,39H2,1-3H3,(H,40,45)(H,41,46)/t25-,26+,35+/m1/s1. The SMILES string of the molecule is C[C@@H]1CN([C@@H](C)CO)C(=O)c2cc(NC(=O)Cc3ccccc3)ccc2O[C@H]1CN(C)Cc1ccc(C(=O)Nc2ccccc2N)cc1. The highest BCUT2D eigenvalue weighted by atomic mass is 16.5. The molecule has 0 saturated carbocycles. The number of fused-ring (bicyclic) bond motifs is 1. The van der Waals surface area contributed by atoms with Crippen LogP contribution in [-0.4, -0.2) is 71.5 Å². The van der Waals surface area contributed by atoms with Gasteiger partial charge in [0.2, 0.25) is 5.91 Å². The second kappa shape index (κ2) is 15.6. The number of aliphatic hydroxyl groups excluding tert-OH is 1. The molecule has 5 rings (SSSR count). The van der Waals surface area contributed by atoms with Crippen LogP contribution in [0.25, 0.3) is 0 Å². The van der Waals surface area contributed by atoms with Crippen molar-refractivity contribution in [2.45, 2.75) is 39.0 Å². The normalized spacial score (nSPS) is 16.7. The number of amides is 3. The highest BCUT2D eigenvalue weighted by Crippen LogP contribution is 2.31. The second-order valence-corrected chi connectivity index (χ2v) is 12.5. The van der Waals surface area contributed by atoms with E-state index in [1.165, 1.54) is 0 Å². The third kappa shape index (κ3) is 8.58. The maximum Gasteiger partial charge on any atom is 0.258 e. The van der Waals surface area contributed by atoms with E-state index in [1.54, 1.807) is 47.4 Å². The summed E-state index contributed by atoms with van der Waals surface area (Å²) in [5.74, 6) is -0.318. The first-order valence-electron chi connectivity index (χ1n) is 16.1. The number of rotatable bonds is 11. The minimum absolute atomic E-state index is 0.0553. The van der Waals surface area contributed by atoms with Crippen molar-refractivity contribution < 1.29 is 24.2 Å².